The number of rotatable bonds is 4. The summed E-state index contributed by atoms with van der Waals surface area (Å²) in [7, 11) is 0. The number of carboxylic acid groups (broad SMARTS) is 1. The van der Waals surface area contributed by atoms with Crippen molar-refractivity contribution in [3.63, 3.8) is 0 Å². The van der Waals surface area contributed by atoms with Gasteiger partial charge in [-0.05, 0) is 29.8 Å². The first-order chi connectivity index (χ1) is 10.2. The summed E-state index contributed by atoms with van der Waals surface area (Å²) in [5, 5.41) is 9.11. The summed E-state index contributed by atoms with van der Waals surface area (Å²) >= 11 is 1.54. The Morgan fingerprint density at radius 1 is 1.24 bits per heavy atom. The highest BCUT2D eigenvalue weighted by molar-refractivity contribution is 7.98. The summed E-state index contributed by atoms with van der Waals surface area (Å²) < 4.78 is 11.0. The Hall–Kier alpha value is -2.21. The van der Waals surface area contributed by atoms with Gasteiger partial charge in [0.15, 0.2) is 17.2 Å². The maximum Gasteiger partial charge on any atom is 0.354 e. The first kappa shape index (κ1) is 13.8. The van der Waals surface area contributed by atoms with Crippen LogP contribution in [0.1, 0.15) is 16.1 Å². The molecule has 5 nitrogen and oxygen atoms in total. The van der Waals surface area contributed by atoms with Gasteiger partial charge in [0, 0.05) is 16.8 Å². The summed E-state index contributed by atoms with van der Waals surface area (Å²) in [4.78, 5) is 16.0. The van der Waals surface area contributed by atoms with Gasteiger partial charge < -0.3 is 14.6 Å². The highest BCUT2D eigenvalue weighted by atomic mass is 32.2. The van der Waals surface area contributed by atoms with E-state index in [2.05, 4.69) is 4.98 Å². The van der Waals surface area contributed by atoms with Crippen LogP contribution in [0.25, 0.3) is 0 Å². The van der Waals surface area contributed by atoms with Crippen molar-refractivity contribution in [2.75, 3.05) is 13.2 Å². The van der Waals surface area contributed by atoms with Crippen molar-refractivity contribution in [1.29, 1.82) is 0 Å². The van der Waals surface area contributed by atoms with E-state index in [0.29, 0.717) is 24.5 Å². The average molecular weight is 303 g/mol. The number of hydrogen-bond donors (Lipinski definition) is 1. The summed E-state index contributed by atoms with van der Waals surface area (Å²) in [5.41, 5.74) is 0.799. The fraction of sp³-hybridized carbons (Fsp3) is 0.200. The molecule has 6 heteroatoms. The van der Waals surface area contributed by atoms with Crippen LogP contribution in [0, 0.1) is 0 Å². The third kappa shape index (κ3) is 3.11. The van der Waals surface area contributed by atoms with Crippen LogP contribution in [0.2, 0.25) is 0 Å². The topological polar surface area (TPSA) is 68.7 Å². The van der Waals surface area contributed by atoms with E-state index < -0.39 is 5.97 Å². The Kier molecular flexibility index (Phi) is 3.96. The molecule has 21 heavy (non-hydrogen) atoms. The molecule has 0 bridgehead atoms. The van der Waals surface area contributed by atoms with E-state index in [1.165, 1.54) is 18.0 Å². The highest BCUT2D eigenvalue weighted by Gasteiger charge is 2.14. The number of hydrogen-bond acceptors (Lipinski definition) is 5. The molecule has 0 radical (unpaired) electrons. The zero-order chi connectivity index (χ0) is 14.7. The van der Waals surface area contributed by atoms with Crippen molar-refractivity contribution in [3.05, 3.63) is 47.8 Å². The lowest BCUT2D eigenvalue weighted by Crippen LogP contribution is -2.15. The van der Waals surface area contributed by atoms with Crippen LogP contribution in [0.5, 0.6) is 11.5 Å². The largest absolute Gasteiger partial charge is 0.486 e. The van der Waals surface area contributed by atoms with E-state index in [1.54, 1.807) is 12.1 Å². The van der Waals surface area contributed by atoms with Crippen LogP contribution in [-0.4, -0.2) is 29.3 Å². The fourth-order valence-electron chi connectivity index (χ4n) is 2.02. The van der Waals surface area contributed by atoms with Crippen LogP contribution in [0.3, 0.4) is 0 Å². The molecular weight excluding hydrogens is 290 g/mol. The Balaban J connectivity index is 1.75. The van der Waals surface area contributed by atoms with Crippen molar-refractivity contribution in [3.8, 4) is 11.5 Å². The third-order valence-corrected chi connectivity index (χ3v) is 4.04. The second kappa shape index (κ2) is 6.05. The molecule has 1 aliphatic heterocycles. The number of fused-ring (bicyclic) bond motifs is 1. The van der Waals surface area contributed by atoms with Gasteiger partial charge in [0.2, 0.25) is 0 Å². The SMILES string of the molecule is O=C(O)c1ncccc1CSc1ccc2c(c1)OCCO2. The minimum atomic E-state index is -1.01. The number of ether oxygens (including phenoxy) is 2. The number of pyridine rings is 1. The maximum absolute atomic E-state index is 11.1. The number of aromatic carboxylic acids is 1. The van der Waals surface area contributed by atoms with Gasteiger partial charge in [-0.15, -0.1) is 11.8 Å². The zero-order valence-electron chi connectivity index (χ0n) is 11.1. The normalized spacial score (nSPS) is 13.0. The van der Waals surface area contributed by atoms with Gasteiger partial charge in [0.05, 0.1) is 0 Å². The molecule has 0 atom stereocenters. The molecule has 0 aliphatic carbocycles. The van der Waals surface area contributed by atoms with E-state index in [0.717, 1.165) is 16.4 Å². The second-order valence-electron chi connectivity index (χ2n) is 4.41. The van der Waals surface area contributed by atoms with Crippen LogP contribution in [0.4, 0.5) is 0 Å². The molecule has 0 saturated carbocycles. The van der Waals surface area contributed by atoms with Crippen LogP contribution in [-0.2, 0) is 5.75 Å². The molecule has 1 aromatic carbocycles. The minimum absolute atomic E-state index is 0.0996. The van der Waals surface area contributed by atoms with E-state index in [9.17, 15) is 4.79 Å². The van der Waals surface area contributed by atoms with E-state index >= 15 is 0 Å². The van der Waals surface area contributed by atoms with Gasteiger partial charge in [-0.1, -0.05) is 6.07 Å². The summed E-state index contributed by atoms with van der Waals surface area (Å²) in [6.45, 7) is 1.12. The predicted octanol–water partition coefficient (Wildman–Crippen LogP) is 2.84. The van der Waals surface area contributed by atoms with Crippen molar-refractivity contribution in [2.45, 2.75) is 10.6 Å². The van der Waals surface area contributed by atoms with Gasteiger partial charge in [0.25, 0.3) is 0 Å². The molecule has 3 rings (SSSR count). The van der Waals surface area contributed by atoms with Gasteiger partial charge in [0.1, 0.15) is 13.2 Å². The standard InChI is InChI=1S/C15H13NO4S/c17-15(18)14-10(2-1-5-16-14)9-21-11-3-4-12-13(8-11)20-7-6-19-12/h1-5,8H,6-7,9H2,(H,17,18). The monoisotopic (exact) mass is 303 g/mol. The maximum atomic E-state index is 11.1. The fourth-order valence-corrected chi connectivity index (χ4v) is 2.93. The lowest BCUT2D eigenvalue weighted by atomic mass is 10.2. The molecule has 1 aliphatic rings. The molecule has 2 heterocycles. The second-order valence-corrected chi connectivity index (χ2v) is 5.46. The van der Waals surface area contributed by atoms with Crippen molar-refractivity contribution < 1.29 is 19.4 Å². The third-order valence-electron chi connectivity index (χ3n) is 3.00. The Morgan fingerprint density at radius 3 is 2.86 bits per heavy atom. The Morgan fingerprint density at radius 2 is 2.05 bits per heavy atom. The number of carbonyl (C=O) groups is 1. The average Bonchev–Trinajstić information content (AvgIpc) is 2.53. The Labute approximate surface area is 125 Å². The molecule has 0 saturated heterocycles. The first-order valence-electron chi connectivity index (χ1n) is 6.43. The summed E-state index contributed by atoms with van der Waals surface area (Å²) in [6.07, 6.45) is 1.49. The number of benzene rings is 1. The zero-order valence-corrected chi connectivity index (χ0v) is 11.9. The molecule has 2 aromatic rings. The molecule has 1 aromatic heterocycles. The predicted molar refractivity (Wildman–Crippen MR) is 78.2 cm³/mol. The molecule has 0 fully saturated rings. The quantitative estimate of drug-likeness (QED) is 0.876. The van der Waals surface area contributed by atoms with Crippen LogP contribution < -0.4 is 9.47 Å². The van der Waals surface area contributed by atoms with Crippen LogP contribution >= 0.6 is 11.8 Å². The molecule has 0 amide bonds. The molecule has 1 N–H and O–H groups in total. The summed E-state index contributed by atoms with van der Waals surface area (Å²) in [5.74, 6) is 1.01. The Bertz CT molecular complexity index is 674. The van der Waals surface area contributed by atoms with Gasteiger partial charge >= 0.3 is 5.97 Å². The number of nitrogens with zero attached hydrogens (tertiary/aromatic N) is 1. The first-order valence-corrected chi connectivity index (χ1v) is 7.42. The molecule has 0 unspecified atom stereocenters. The van der Waals surface area contributed by atoms with Crippen molar-refractivity contribution in [1.82, 2.24) is 4.98 Å². The smallest absolute Gasteiger partial charge is 0.354 e. The summed E-state index contributed by atoms with van der Waals surface area (Å²) in [6, 6.07) is 9.25. The van der Waals surface area contributed by atoms with Crippen LogP contribution in [0.15, 0.2) is 41.4 Å². The molecule has 0 spiro atoms. The van der Waals surface area contributed by atoms with Crippen molar-refractivity contribution in [2.24, 2.45) is 0 Å². The lowest BCUT2D eigenvalue weighted by Gasteiger charge is -2.18. The molecule has 108 valence electrons. The van der Waals surface area contributed by atoms with Crippen molar-refractivity contribution >= 4 is 17.7 Å². The lowest BCUT2D eigenvalue weighted by molar-refractivity contribution is 0.0689. The van der Waals surface area contributed by atoms with Gasteiger partial charge in [-0.2, -0.15) is 0 Å². The van der Waals surface area contributed by atoms with Gasteiger partial charge in [-0.25, -0.2) is 9.78 Å². The minimum Gasteiger partial charge on any atom is -0.486 e. The number of thioether (sulfide) groups is 1. The highest BCUT2D eigenvalue weighted by Crippen LogP contribution is 2.35. The number of carboxylic acids is 1. The van der Waals surface area contributed by atoms with E-state index in [1.807, 2.05) is 18.2 Å². The van der Waals surface area contributed by atoms with E-state index in [-0.39, 0.29) is 5.69 Å². The number of aromatic nitrogens is 1. The van der Waals surface area contributed by atoms with Gasteiger partial charge in [-0.3, -0.25) is 0 Å². The van der Waals surface area contributed by atoms with E-state index in [4.69, 9.17) is 14.6 Å². The molecular formula is C15H13NO4S.